The third kappa shape index (κ3) is 4.23. The number of methoxy groups -OCH3 is 2. The average Bonchev–Trinajstić information content (AvgIpc) is 3.06. The van der Waals surface area contributed by atoms with Gasteiger partial charge in [0.05, 0.1) is 14.2 Å². The molecule has 0 aliphatic heterocycles. The summed E-state index contributed by atoms with van der Waals surface area (Å²) >= 11 is 0. The minimum absolute atomic E-state index is 0.118. The second kappa shape index (κ2) is 7.84. The number of allylic oxidation sites excluding steroid dienone is 1. The lowest BCUT2D eigenvalue weighted by molar-refractivity contribution is -0.104. The van der Waals surface area contributed by atoms with Crippen LogP contribution in [0.5, 0.6) is 11.5 Å². The summed E-state index contributed by atoms with van der Waals surface area (Å²) in [4.78, 5) is 21.7. The van der Waals surface area contributed by atoms with Crippen molar-refractivity contribution in [2.75, 3.05) is 14.2 Å². The van der Waals surface area contributed by atoms with Gasteiger partial charge in [-0.1, -0.05) is 12.1 Å². The molecule has 0 spiro atoms. The minimum atomic E-state index is -0.542. The Morgan fingerprint density at radius 2 is 2.00 bits per heavy atom. The molecule has 6 nitrogen and oxygen atoms in total. The summed E-state index contributed by atoms with van der Waals surface area (Å²) in [5.74, 6) is 1.11. The number of furan rings is 1. The second-order valence-electron chi connectivity index (χ2n) is 4.45. The molecule has 0 bridgehead atoms. The van der Waals surface area contributed by atoms with Gasteiger partial charge >= 0.3 is 5.97 Å². The van der Waals surface area contributed by atoms with Gasteiger partial charge in [-0.2, -0.15) is 0 Å². The van der Waals surface area contributed by atoms with Gasteiger partial charge in [-0.15, -0.1) is 0 Å². The van der Waals surface area contributed by atoms with Crippen LogP contribution in [0.3, 0.4) is 0 Å². The first-order chi connectivity index (χ1) is 11.2. The van der Waals surface area contributed by atoms with E-state index < -0.39 is 5.97 Å². The topological polar surface area (TPSA) is 75.0 Å². The molecule has 0 aliphatic rings. The summed E-state index contributed by atoms with van der Waals surface area (Å²) < 4.78 is 20.8. The van der Waals surface area contributed by atoms with Crippen molar-refractivity contribution in [1.29, 1.82) is 0 Å². The molecule has 0 atom stereocenters. The molecular weight excluding hydrogens is 300 g/mol. The van der Waals surface area contributed by atoms with Crippen molar-refractivity contribution >= 4 is 18.3 Å². The molecule has 0 N–H and O–H groups in total. The van der Waals surface area contributed by atoms with Crippen LogP contribution in [0.25, 0.3) is 6.08 Å². The Morgan fingerprint density at radius 3 is 2.70 bits per heavy atom. The van der Waals surface area contributed by atoms with Gasteiger partial charge in [-0.3, -0.25) is 4.79 Å². The van der Waals surface area contributed by atoms with Crippen LogP contribution in [0.2, 0.25) is 0 Å². The fourth-order valence-corrected chi connectivity index (χ4v) is 1.87. The van der Waals surface area contributed by atoms with E-state index in [0.717, 1.165) is 5.56 Å². The number of esters is 1. The first kappa shape index (κ1) is 16.4. The molecule has 2 rings (SSSR count). The van der Waals surface area contributed by atoms with Crippen LogP contribution in [0.15, 0.2) is 40.8 Å². The van der Waals surface area contributed by atoms with E-state index in [0.29, 0.717) is 23.5 Å². The lowest BCUT2D eigenvalue weighted by Gasteiger charge is -2.10. The molecule has 0 aliphatic carbocycles. The largest absolute Gasteiger partial charge is 0.493 e. The maximum Gasteiger partial charge on any atom is 0.373 e. The fraction of sp³-hybridized carbons (Fsp3) is 0.176. The predicted molar refractivity (Wildman–Crippen MR) is 82.5 cm³/mol. The molecule has 0 amide bonds. The van der Waals surface area contributed by atoms with E-state index in [1.165, 1.54) is 26.4 Å². The monoisotopic (exact) mass is 316 g/mol. The van der Waals surface area contributed by atoms with Crippen LogP contribution in [-0.2, 0) is 16.1 Å². The van der Waals surface area contributed by atoms with Gasteiger partial charge in [0.25, 0.3) is 0 Å². The molecule has 23 heavy (non-hydrogen) atoms. The van der Waals surface area contributed by atoms with Crippen molar-refractivity contribution in [2.24, 2.45) is 0 Å². The van der Waals surface area contributed by atoms with Gasteiger partial charge in [0.2, 0.25) is 5.76 Å². The summed E-state index contributed by atoms with van der Waals surface area (Å²) in [6.07, 6.45) is 3.76. The maximum absolute atomic E-state index is 11.3. The van der Waals surface area contributed by atoms with Gasteiger partial charge in [-0.05, 0) is 35.9 Å². The zero-order valence-corrected chi connectivity index (χ0v) is 12.8. The van der Waals surface area contributed by atoms with Gasteiger partial charge in [0.15, 0.2) is 11.5 Å². The summed E-state index contributed by atoms with van der Waals surface area (Å²) in [6, 6.07) is 8.43. The minimum Gasteiger partial charge on any atom is -0.493 e. The van der Waals surface area contributed by atoms with Crippen LogP contribution < -0.4 is 9.47 Å². The second-order valence-corrected chi connectivity index (χ2v) is 4.45. The molecule has 1 heterocycles. The highest BCUT2D eigenvalue weighted by Gasteiger charge is 2.12. The number of rotatable bonds is 7. The smallest absolute Gasteiger partial charge is 0.373 e. The SMILES string of the molecule is COC(=O)c1ccc(COc2ccc(C=CC=O)cc2OC)o1. The Balaban J connectivity index is 2.07. The van der Waals surface area contributed by atoms with E-state index in [4.69, 9.17) is 13.9 Å². The molecule has 0 unspecified atom stereocenters. The molecule has 0 radical (unpaired) electrons. The third-order valence-corrected chi connectivity index (χ3v) is 2.97. The van der Waals surface area contributed by atoms with Crippen LogP contribution in [0, 0.1) is 0 Å². The average molecular weight is 316 g/mol. The Morgan fingerprint density at radius 1 is 1.17 bits per heavy atom. The normalized spacial score (nSPS) is 10.5. The van der Waals surface area contributed by atoms with Gasteiger partial charge in [-0.25, -0.2) is 4.79 Å². The summed E-state index contributed by atoms with van der Waals surface area (Å²) in [7, 11) is 2.81. The highest BCUT2D eigenvalue weighted by atomic mass is 16.5. The molecule has 1 aromatic heterocycles. The number of ether oxygens (including phenoxy) is 3. The van der Waals surface area contributed by atoms with Crippen molar-refractivity contribution in [3.63, 3.8) is 0 Å². The molecule has 120 valence electrons. The van der Waals surface area contributed by atoms with Gasteiger partial charge < -0.3 is 18.6 Å². The van der Waals surface area contributed by atoms with Crippen LogP contribution >= 0.6 is 0 Å². The van der Waals surface area contributed by atoms with E-state index in [1.807, 2.05) is 0 Å². The van der Waals surface area contributed by atoms with Crippen molar-refractivity contribution in [1.82, 2.24) is 0 Å². The number of hydrogen-bond acceptors (Lipinski definition) is 6. The van der Waals surface area contributed by atoms with E-state index in [9.17, 15) is 9.59 Å². The number of hydrogen-bond donors (Lipinski definition) is 0. The van der Waals surface area contributed by atoms with Crippen molar-refractivity contribution in [3.05, 3.63) is 53.5 Å². The molecule has 6 heteroatoms. The zero-order chi connectivity index (χ0) is 16.7. The number of aldehydes is 1. The molecule has 0 fully saturated rings. The standard InChI is InChI=1S/C17H16O6/c1-20-16-10-12(4-3-9-18)5-7-14(16)22-11-13-6-8-15(23-13)17(19)21-2/h3-10H,11H2,1-2H3. The predicted octanol–water partition coefficient (Wildman–Crippen LogP) is 2.87. The van der Waals surface area contributed by atoms with Crippen molar-refractivity contribution < 1.29 is 28.2 Å². The quantitative estimate of drug-likeness (QED) is 0.444. The lowest BCUT2D eigenvalue weighted by atomic mass is 10.2. The Kier molecular flexibility index (Phi) is 5.57. The zero-order valence-electron chi connectivity index (χ0n) is 12.8. The van der Waals surface area contributed by atoms with E-state index >= 15 is 0 Å². The Labute approximate surface area is 133 Å². The maximum atomic E-state index is 11.3. The van der Waals surface area contributed by atoms with E-state index in [1.54, 1.807) is 30.3 Å². The third-order valence-electron chi connectivity index (χ3n) is 2.97. The Bertz CT molecular complexity index is 714. The first-order valence-electron chi connectivity index (χ1n) is 6.77. The number of benzene rings is 1. The molecule has 1 aromatic carbocycles. The summed E-state index contributed by atoms with van der Waals surface area (Å²) in [6.45, 7) is 0.136. The van der Waals surface area contributed by atoms with Gasteiger partial charge in [0.1, 0.15) is 18.7 Å². The Hall–Kier alpha value is -3.02. The van der Waals surface area contributed by atoms with Crippen LogP contribution in [0.4, 0.5) is 0 Å². The lowest BCUT2D eigenvalue weighted by Crippen LogP contribution is -1.99. The molecule has 2 aromatic rings. The van der Waals surface area contributed by atoms with E-state index in [-0.39, 0.29) is 12.4 Å². The van der Waals surface area contributed by atoms with Crippen molar-refractivity contribution in [2.45, 2.75) is 6.61 Å². The number of carbonyl (C=O) groups excluding carboxylic acids is 2. The van der Waals surface area contributed by atoms with Crippen molar-refractivity contribution in [3.8, 4) is 11.5 Å². The van der Waals surface area contributed by atoms with Crippen LogP contribution in [0.1, 0.15) is 21.9 Å². The van der Waals surface area contributed by atoms with Gasteiger partial charge in [0, 0.05) is 0 Å². The fourth-order valence-electron chi connectivity index (χ4n) is 1.87. The molecule has 0 saturated heterocycles. The first-order valence-corrected chi connectivity index (χ1v) is 6.77. The highest BCUT2D eigenvalue weighted by Crippen LogP contribution is 2.29. The van der Waals surface area contributed by atoms with Crippen LogP contribution in [-0.4, -0.2) is 26.5 Å². The molecule has 0 saturated carbocycles. The molecular formula is C17H16O6. The van der Waals surface area contributed by atoms with E-state index in [2.05, 4.69) is 4.74 Å². The highest BCUT2D eigenvalue weighted by molar-refractivity contribution is 5.86. The number of carbonyl (C=O) groups is 2. The summed E-state index contributed by atoms with van der Waals surface area (Å²) in [5, 5.41) is 0. The summed E-state index contributed by atoms with van der Waals surface area (Å²) in [5.41, 5.74) is 0.812.